The predicted molar refractivity (Wildman–Crippen MR) is 179 cm³/mol. The number of aromatic amines is 1. The molecule has 3 heterocycles. The molecule has 2 aromatic heterocycles. The monoisotopic (exact) mass is 614 g/mol. The highest BCUT2D eigenvalue weighted by molar-refractivity contribution is 6.31. The Morgan fingerprint density at radius 3 is 2.37 bits per heavy atom. The van der Waals surface area contributed by atoms with Crippen molar-refractivity contribution in [1.29, 1.82) is 10.8 Å². The minimum Gasteiger partial charge on any atom is -0.481 e. The third kappa shape index (κ3) is 5.58. The number of hydrogen-bond acceptors (Lipinski definition) is 7. The van der Waals surface area contributed by atoms with Crippen molar-refractivity contribution in [2.45, 2.75) is 26.3 Å². The summed E-state index contributed by atoms with van der Waals surface area (Å²) in [5.41, 5.74) is 3.48. The van der Waals surface area contributed by atoms with E-state index in [0.29, 0.717) is 34.2 Å². The molecule has 232 valence electrons. The van der Waals surface area contributed by atoms with Crippen LogP contribution in [0.3, 0.4) is 0 Å². The topological polar surface area (TPSA) is 142 Å². The quantitative estimate of drug-likeness (QED) is 0.157. The molecule has 11 nitrogen and oxygen atoms in total. The van der Waals surface area contributed by atoms with Gasteiger partial charge in [0.2, 0.25) is 17.7 Å². The SMILES string of the molecule is COc1ccc(N(C(=O)CN2C(=O)C(Cc3[nH]nc4ccccc34)C(=N)N(C(=N)c3ccccc3)c3ccccc32)C(C)C)cn1. The second kappa shape index (κ2) is 12.6. The highest BCUT2D eigenvalue weighted by Gasteiger charge is 2.41. The third-order valence-corrected chi connectivity index (χ3v) is 8.05. The van der Waals surface area contributed by atoms with Gasteiger partial charge in [0.25, 0.3) is 0 Å². The van der Waals surface area contributed by atoms with Gasteiger partial charge in [-0.1, -0.05) is 60.7 Å². The molecule has 0 aliphatic carbocycles. The zero-order valence-electron chi connectivity index (χ0n) is 25.8. The molecule has 0 fully saturated rings. The van der Waals surface area contributed by atoms with E-state index in [1.54, 1.807) is 59.6 Å². The molecular formula is C35H34N8O3. The highest BCUT2D eigenvalue weighted by atomic mass is 16.5. The minimum absolute atomic E-state index is 0.0478. The lowest BCUT2D eigenvalue weighted by molar-refractivity contribution is -0.123. The number of carbonyl (C=O) groups excluding carboxylic acids is 2. The Balaban J connectivity index is 1.45. The first-order chi connectivity index (χ1) is 22.3. The second-order valence-electron chi connectivity index (χ2n) is 11.2. The number of H-pyrrole nitrogens is 1. The Hall–Kier alpha value is -5.84. The molecule has 1 aliphatic rings. The van der Waals surface area contributed by atoms with Crippen LogP contribution in [0.5, 0.6) is 5.88 Å². The van der Waals surface area contributed by atoms with Crippen LogP contribution in [-0.4, -0.2) is 58.4 Å². The zero-order chi connectivity index (χ0) is 32.4. The van der Waals surface area contributed by atoms with E-state index in [4.69, 9.17) is 4.74 Å². The van der Waals surface area contributed by atoms with Gasteiger partial charge in [0.15, 0.2) is 0 Å². The Morgan fingerprint density at radius 2 is 1.67 bits per heavy atom. The molecule has 11 heteroatoms. The summed E-state index contributed by atoms with van der Waals surface area (Å²) in [7, 11) is 1.52. The molecule has 0 saturated heterocycles. The fourth-order valence-corrected chi connectivity index (χ4v) is 5.86. The van der Waals surface area contributed by atoms with Gasteiger partial charge in [-0.05, 0) is 38.1 Å². The molecule has 1 unspecified atom stereocenters. The van der Waals surface area contributed by atoms with E-state index < -0.39 is 11.8 Å². The maximum atomic E-state index is 14.7. The lowest BCUT2D eigenvalue weighted by atomic mass is 9.97. The number of fused-ring (bicyclic) bond motifs is 2. The average molecular weight is 615 g/mol. The van der Waals surface area contributed by atoms with Crippen molar-refractivity contribution in [2.75, 3.05) is 28.4 Å². The van der Waals surface area contributed by atoms with Gasteiger partial charge >= 0.3 is 0 Å². The number of aromatic nitrogens is 3. The maximum Gasteiger partial charge on any atom is 0.247 e. The summed E-state index contributed by atoms with van der Waals surface area (Å²) in [6, 6.07) is 27.0. The van der Waals surface area contributed by atoms with Gasteiger partial charge in [-0.25, -0.2) is 4.98 Å². The number of anilines is 3. The normalized spacial score (nSPS) is 14.7. The summed E-state index contributed by atoms with van der Waals surface area (Å²) in [6.45, 7) is 3.50. The van der Waals surface area contributed by atoms with E-state index >= 15 is 0 Å². The lowest BCUT2D eigenvalue weighted by Gasteiger charge is -2.31. The summed E-state index contributed by atoms with van der Waals surface area (Å²) in [6.07, 6.45) is 1.69. The molecule has 0 spiro atoms. The van der Waals surface area contributed by atoms with Crippen molar-refractivity contribution in [1.82, 2.24) is 15.2 Å². The van der Waals surface area contributed by atoms with Crippen molar-refractivity contribution in [3.8, 4) is 5.88 Å². The fraction of sp³-hybridized carbons (Fsp3) is 0.200. The van der Waals surface area contributed by atoms with Crippen LogP contribution in [-0.2, 0) is 16.0 Å². The molecule has 5 aromatic rings. The number of nitrogens with zero attached hydrogens (tertiary/aromatic N) is 5. The van der Waals surface area contributed by atoms with E-state index in [2.05, 4.69) is 15.2 Å². The van der Waals surface area contributed by atoms with Gasteiger partial charge in [-0.2, -0.15) is 5.10 Å². The molecule has 0 saturated carbocycles. The standard InChI is InChI=1S/C35H34N8O3/c1-22(2)42(24-17-18-31(46-3)38-20-24)32(44)21-41-29-15-9-10-16-30(29)43(33(36)23-11-5-4-6-12-23)34(37)26(35(41)45)19-28-25-13-7-8-14-27(25)39-40-28/h4-18,20,22,26,36-37H,19,21H2,1-3H3,(H,39,40). The number of para-hydroxylation sites is 3. The number of amides is 2. The van der Waals surface area contributed by atoms with Gasteiger partial charge in [0.05, 0.1) is 35.9 Å². The van der Waals surface area contributed by atoms with Crippen molar-refractivity contribution < 1.29 is 14.3 Å². The largest absolute Gasteiger partial charge is 0.481 e. The van der Waals surface area contributed by atoms with Gasteiger partial charge in [0, 0.05) is 35.2 Å². The highest BCUT2D eigenvalue weighted by Crippen LogP contribution is 2.37. The molecular weight excluding hydrogens is 580 g/mol. The predicted octanol–water partition coefficient (Wildman–Crippen LogP) is 5.42. The van der Waals surface area contributed by atoms with Crippen molar-refractivity contribution >= 4 is 51.5 Å². The summed E-state index contributed by atoms with van der Waals surface area (Å²) in [5, 5.41) is 27.0. The number of benzene rings is 3. The Bertz CT molecular complexity index is 1920. The molecule has 2 amide bonds. The van der Waals surface area contributed by atoms with Crippen LogP contribution in [0.25, 0.3) is 10.9 Å². The van der Waals surface area contributed by atoms with Crippen LogP contribution >= 0.6 is 0 Å². The van der Waals surface area contributed by atoms with Crippen LogP contribution < -0.4 is 19.4 Å². The summed E-state index contributed by atoms with van der Waals surface area (Å²) in [4.78, 5) is 37.7. The first-order valence-electron chi connectivity index (χ1n) is 15.0. The number of nitrogens with one attached hydrogen (secondary N) is 3. The number of hydrogen-bond donors (Lipinski definition) is 3. The number of methoxy groups -OCH3 is 1. The maximum absolute atomic E-state index is 14.7. The molecule has 3 N–H and O–H groups in total. The van der Waals surface area contributed by atoms with Crippen LogP contribution in [0.15, 0.2) is 97.2 Å². The Labute approximate surface area is 266 Å². The van der Waals surface area contributed by atoms with Crippen LogP contribution in [0.2, 0.25) is 0 Å². The second-order valence-corrected chi connectivity index (χ2v) is 11.2. The number of pyridine rings is 1. The van der Waals surface area contributed by atoms with Crippen LogP contribution in [0.1, 0.15) is 25.1 Å². The van der Waals surface area contributed by atoms with E-state index in [1.807, 2.05) is 56.3 Å². The molecule has 6 rings (SSSR count). The molecule has 1 aliphatic heterocycles. The average Bonchev–Trinajstić information content (AvgIpc) is 3.46. The van der Waals surface area contributed by atoms with Gasteiger partial charge in [-0.3, -0.25) is 30.4 Å². The van der Waals surface area contributed by atoms with Crippen molar-refractivity contribution in [2.24, 2.45) is 5.92 Å². The van der Waals surface area contributed by atoms with E-state index in [1.165, 1.54) is 16.9 Å². The lowest BCUT2D eigenvalue weighted by Crippen LogP contribution is -2.49. The molecule has 0 radical (unpaired) electrons. The Morgan fingerprint density at radius 1 is 0.978 bits per heavy atom. The summed E-state index contributed by atoms with van der Waals surface area (Å²) < 4.78 is 5.19. The number of amidine groups is 2. The van der Waals surface area contributed by atoms with Crippen molar-refractivity contribution in [3.05, 3.63) is 108 Å². The smallest absolute Gasteiger partial charge is 0.247 e. The third-order valence-electron chi connectivity index (χ3n) is 8.05. The first kappa shape index (κ1) is 30.2. The Kier molecular flexibility index (Phi) is 8.30. The molecule has 0 bridgehead atoms. The minimum atomic E-state index is -1.04. The molecule has 46 heavy (non-hydrogen) atoms. The van der Waals surface area contributed by atoms with Crippen LogP contribution in [0, 0.1) is 16.7 Å². The number of ether oxygens (including phenoxy) is 1. The van der Waals surface area contributed by atoms with Gasteiger partial charge in [0.1, 0.15) is 24.1 Å². The van der Waals surface area contributed by atoms with E-state index in [-0.39, 0.29) is 36.6 Å². The van der Waals surface area contributed by atoms with E-state index in [0.717, 1.165) is 10.9 Å². The van der Waals surface area contributed by atoms with Gasteiger partial charge < -0.3 is 14.5 Å². The van der Waals surface area contributed by atoms with Crippen molar-refractivity contribution in [3.63, 3.8) is 0 Å². The first-order valence-corrected chi connectivity index (χ1v) is 15.0. The summed E-state index contributed by atoms with van der Waals surface area (Å²) >= 11 is 0. The molecule has 3 aromatic carbocycles. The zero-order valence-corrected chi connectivity index (χ0v) is 25.8. The van der Waals surface area contributed by atoms with Gasteiger partial charge in [-0.15, -0.1) is 0 Å². The molecule has 1 atom stereocenters. The summed E-state index contributed by atoms with van der Waals surface area (Å²) in [5.74, 6) is -1.39. The fourth-order valence-electron chi connectivity index (χ4n) is 5.86. The van der Waals surface area contributed by atoms with Crippen LogP contribution in [0.4, 0.5) is 17.1 Å². The van der Waals surface area contributed by atoms with E-state index in [9.17, 15) is 20.4 Å². The number of carbonyl (C=O) groups is 2. The number of rotatable bonds is 8.